The molecular formula is C12H16FN. The van der Waals surface area contributed by atoms with Crippen LogP contribution in [0.25, 0.3) is 0 Å². The van der Waals surface area contributed by atoms with Crippen LogP contribution in [0, 0.1) is 5.82 Å². The molecular weight excluding hydrogens is 177 g/mol. The van der Waals surface area contributed by atoms with Gasteiger partial charge in [0.15, 0.2) is 0 Å². The lowest BCUT2D eigenvalue weighted by Gasteiger charge is -1.98. The van der Waals surface area contributed by atoms with Gasteiger partial charge in [-0.2, -0.15) is 0 Å². The Morgan fingerprint density at radius 3 is 2.57 bits per heavy atom. The lowest BCUT2D eigenvalue weighted by Crippen LogP contribution is -2.10. The van der Waals surface area contributed by atoms with Gasteiger partial charge in [0.2, 0.25) is 0 Å². The van der Waals surface area contributed by atoms with Crippen molar-refractivity contribution in [3.8, 4) is 0 Å². The van der Waals surface area contributed by atoms with E-state index in [-0.39, 0.29) is 11.9 Å². The molecule has 0 heterocycles. The van der Waals surface area contributed by atoms with E-state index < -0.39 is 0 Å². The number of nitrogens with two attached hydrogens (primary N) is 1. The van der Waals surface area contributed by atoms with Gasteiger partial charge in [-0.05, 0) is 37.5 Å². The molecule has 1 atom stereocenters. The lowest BCUT2D eigenvalue weighted by molar-refractivity contribution is 0.627. The second kappa shape index (κ2) is 5.55. The van der Waals surface area contributed by atoms with Crippen LogP contribution in [0.4, 0.5) is 4.39 Å². The smallest absolute Gasteiger partial charge is 0.123 e. The molecule has 0 bridgehead atoms. The highest BCUT2D eigenvalue weighted by Gasteiger charge is 1.92. The van der Waals surface area contributed by atoms with Crippen LogP contribution in [0.15, 0.2) is 36.4 Å². The number of halogens is 1. The van der Waals surface area contributed by atoms with Crippen molar-refractivity contribution < 1.29 is 4.39 Å². The summed E-state index contributed by atoms with van der Waals surface area (Å²) in [7, 11) is 0. The molecule has 2 heteroatoms. The Bertz CT molecular complexity index is 288. The van der Waals surface area contributed by atoms with Crippen LogP contribution in [-0.2, 0) is 6.42 Å². The molecule has 14 heavy (non-hydrogen) atoms. The van der Waals surface area contributed by atoms with Gasteiger partial charge < -0.3 is 5.73 Å². The first kappa shape index (κ1) is 10.9. The highest BCUT2D eigenvalue weighted by molar-refractivity contribution is 5.16. The SMILES string of the molecule is CC(N)/C=C/CCc1ccc(F)cc1. The third-order valence-electron chi connectivity index (χ3n) is 1.95. The highest BCUT2D eigenvalue weighted by atomic mass is 19.1. The van der Waals surface area contributed by atoms with Gasteiger partial charge in [-0.1, -0.05) is 24.3 Å². The fraction of sp³-hybridized carbons (Fsp3) is 0.333. The molecule has 1 rings (SSSR count). The summed E-state index contributed by atoms with van der Waals surface area (Å²) >= 11 is 0. The maximum absolute atomic E-state index is 12.6. The summed E-state index contributed by atoms with van der Waals surface area (Å²) in [4.78, 5) is 0. The average molecular weight is 193 g/mol. The molecule has 0 amide bonds. The monoisotopic (exact) mass is 193 g/mol. The molecule has 0 aliphatic rings. The first-order valence-electron chi connectivity index (χ1n) is 4.85. The van der Waals surface area contributed by atoms with Crippen LogP contribution >= 0.6 is 0 Å². The van der Waals surface area contributed by atoms with E-state index in [9.17, 15) is 4.39 Å². The van der Waals surface area contributed by atoms with Crippen molar-refractivity contribution in [3.63, 3.8) is 0 Å². The molecule has 76 valence electrons. The molecule has 0 saturated carbocycles. The van der Waals surface area contributed by atoms with Crippen LogP contribution in [0.5, 0.6) is 0 Å². The predicted octanol–water partition coefficient (Wildman–Crippen LogP) is 2.66. The van der Waals surface area contributed by atoms with Gasteiger partial charge in [0.25, 0.3) is 0 Å². The van der Waals surface area contributed by atoms with E-state index in [1.165, 1.54) is 12.1 Å². The van der Waals surface area contributed by atoms with Crippen molar-refractivity contribution in [1.82, 2.24) is 0 Å². The normalized spacial score (nSPS) is 13.4. The number of rotatable bonds is 4. The fourth-order valence-electron chi connectivity index (χ4n) is 1.21. The third kappa shape index (κ3) is 4.19. The van der Waals surface area contributed by atoms with E-state index in [0.29, 0.717) is 0 Å². The van der Waals surface area contributed by atoms with E-state index in [1.807, 2.05) is 25.1 Å². The van der Waals surface area contributed by atoms with Crippen LogP contribution in [0.3, 0.4) is 0 Å². The molecule has 0 aromatic heterocycles. The Morgan fingerprint density at radius 2 is 2.00 bits per heavy atom. The van der Waals surface area contributed by atoms with Gasteiger partial charge in [-0.3, -0.25) is 0 Å². The van der Waals surface area contributed by atoms with Crippen LogP contribution in [0.1, 0.15) is 18.9 Å². The Morgan fingerprint density at radius 1 is 1.36 bits per heavy atom. The van der Waals surface area contributed by atoms with Crippen molar-refractivity contribution in [1.29, 1.82) is 0 Å². The Balaban J connectivity index is 2.35. The molecule has 1 aromatic carbocycles. The van der Waals surface area contributed by atoms with E-state index in [4.69, 9.17) is 5.73 Å². The Hall–Kier alpha value is -1.15. The summed E-state index contributed by atoms with van der Waals surface area (Å²) in [5, 5.41) is 0. The second-order valence-electron chi connectivity index (χ2n) is 3.45. The minimum absolute atomic E-state index is 0.114. The average Bonchev–Trinajstić information content (AvgIpc) is 2.15. The quantitative estimate of drug-likeness (QED) is 0.731. The Labute approximate surface area is 84.4 Å². The maximum Gasteiger partial charge on any atom is 0.123 e. The van der Waals surface area contributed by atoms with Crippen LogP contribution < -0.4 is 5.73 Å². The van der Waals surface area contributed by atoms with Gasteiger partial charge in [0, 0.05) is 6.04 Å². The molecule has 2 N–H and O–H groups in total. The molecule has 1 nitrogen and oxygen atoms in total. The van der Waals surface area contributed by atoms with E-state index >= 15 is 0 Å². The summed E-state index contributed by atoms with van der Waals surface area (Å²) in [6.07, 6.45) is 5.92. The summed E-state index contributed by atoms with van der Waals surface area (Å²) in [6.45, 7) is 1.94. The van der Waals surface area contributed by atoms with E-state index in [2.05, 4.69) is 6.08 Å². The van der Waals surface area contributed by atoms with Crippen molar-refractivity contribution in [2.24, 2.45) is 5.73 Å². The summed E-state index contributed by atoms with van der Waals surface area (Å²) in [5.41, 5.74) is 6.71. The van der Waals surface area contributed by atoms with Gasteiger partial charge >= 0.3 is 0 Å². The van der Waals surface area contributed by atoms with Crippen molar-refractivity contribution >= 4 is 0 Å². The molecule has 1 unspecified atom stereocenters. The number of aryl methyl sites for hydroxylation is 1. The number of benzene rings is 1. The van der Waals surface area contributed by atoms with Gasteiger partial charge in [-0.25, -0.2) is 4.39 Å². The van der Waals surface area contributed by atoms with Crippen molar-refractivity contribution in [3.05, 3.63) is 47.8 Å². The summed E-state index contributed by atoms with van der Waals surface area (Å²) < 4.78 is 12.6. The van der Waals surface area contributed by atoms with Gasteiger partial charge in [0.05, 0.1) is 0 Å². The second-order valence-corrected chi connectivity index (χ2v) is 3.45. The molecule has 1 aromatic rings. The first-order valence-corrected chi connectivity index (χ1v) is 4.85. The fourth-order valence-corrected chi connectivity index (χ4v) is 1.21. The molecule has 0 radical (unpaired) electrons. The molecule has 0 aliphatic carbocycles. The summed E-state index contributed by atoms with van der Waals surface area (Å²) in [5.74, 6) is -0.181. The third-order valence-corrected chi connectivity index (χ3v) is 1.95. The minimum Gasteiger partial charge on any atom is -0.325 e. The topological polar surface area (TPSA) is 26.0 Å². The zero-order valence-electron chi connectivity index (χ0n) is 8.41. The number of allylic oxidation sites excluding steroid dienone is 1. The number of hydrogen-bond donors (Lipinski definition) is 1. The molecule has 0 saturated heterocycles. The van der Waals surface area contributed by atoms with Crippen LogP contribution in [-0.4, -0.2) is 6.04 Å². The number of hydrogen-bond acceptors (Lipinski definition) is 1. The summed E-state index contributed by atoms with van der Waals surface area (Å²) in [6, 6.07) is 6.72. The van der Waals surface area contributed by atoms with Crippen molar-refractivity contribution in [2.45, 2.75) is 25.8 Å². The molecule has 0 fully saturated rings. The first-order chi connectivity index (χ1) is 6.68. The predicted molar refractivity (Wildman–Crippen MR) is 57.5 cm³/mol. The lowest BCUT2D eigenvalue weighted by atomic mass is 10.1. The van der Waals surface area contributed by atoms with Gasteiger partial charge in [-0.15, -0.1) is 0 Å². The zero-order valence-corrected chi connectivity index (χ0v) is 8.41. The molecule has 0 spiro atoms. The maximum atomic E-state index is 12.6. The Kier molecular flexibility index (Phi) is 4.33. The largest absolute Gasteiger partial charge is 0.325 e. The highest BCUT2D eigenvalue weighted by Crippen LogP contribution is 2.05. The van der Waals surface area contributed by atoms with E-state index in [0.717, 1.165) is 18.4 Å². The van der Waals surface area contributed by atoms with E-state index in [1.54, 1.807) is 0 Å². The zero-order chi connectivity index (χ0) is 10.4. The van der Waals surface area contributed by atoms with Crippen molar-refractivity contribution in [2.75, 3.05) is 0 Å². The molecule has 0 aliphatic heterocycles. The standard InChI is InChI=1S/C12H16FN/c1-10(14)4-2-3-5-11-6-8-12(13)9-7-11/h2,4,6-10H,3,5,14H2,1H3/b4-2+. The van der Waals surface area contributed by atoms with Crippen LogP contribution in [0.2, 0.25) is 0 Å². The van der Waals surface area contributed by atoms with Gasteiger partial charge in [0.1, 0.15) is 5.82 Å². The minimum atomic E-state index is -0.181.